The van der Waals surface area contributed by atoms with Crippen LogP contribution in [-0.2, 0) is 26.9 Å². The van der Waals surface area contributed by atoms with E-state index in [2.05, 4.69) is 20.2 Å². The number of halogens is 1. The average molecular weight is 522 g/mol. The largest absolute Gasteiger partial charge is 0.388 e. The maximum absolute atomic E-state index is 13.6. The molecule has 3 aliphatic carbocycles. The Morgan fingerprint density at radius 2 is 1.78 bits per heavy atom. The average Bonchev–Trinajstić information content (AvgIpc) is 3.68. The van der Waals surface area contributed by atoms with Crippen molar-refractivity contribution < 1.29 is 18.1 Å². The summed E-state index contributed by atoms with van der Waals surface area (Å²) >= 11 is 0. The van der Waals surface area contributed by atoms with Crippen molar-refractivity contribution in [1.29, 1.82) is 0 Å². The molecule has 2 aromatic carbocycles. The number of rotatable bonds is 6. The molecule has 6 rings (SSSR count). The van der Waals surface area contributed by atoms with Crippen molar-refractivity contribution in [2.75, 3.05) is 14.2 Å². The van der Waals surface area contributed by atoms with E-state index >= 15 is 0 Å². The van der Waals surface area contributed by atoms with Gasteiger partial charge in [-0.3, -0.25) is 0 Å². The van der Waals surface area contributed by atoms with Crippen LogP contribution in [-0.4, -0.2) is 50.9 Å². The number of carbonyl (C=O) groups is 1. The van der Waals surface area contributed by atoms with Crippen LogP contribution in [0.1, 0.15) is 43.4 Å². The number of carbonyl (C=O) groups excluding carboxylic acids is 1. The Balaban J connectivity index is 0.000000892. The number of methoxy groups -OCH3 is 1. The molecule has 1 aromatic heterocycles. The molecule has 6 nitrogen and oxygen atoms in total. The van der Waals surface area contributed by atoms with Gasteiger partial charge in [0.1, 0.15) is 23.1 Å². The molecule has 0 amide bonds. The predicted octanol–water partition coefficient (Wildman–Crippen LogP) is 5.14. The molecule has 37 heavy (non-hydrogen) atoms. The maximum atomic E-state index is 13.6. The lowest BCUT2D eigenvalue weighted by Gasteiger charge is -2.44. The summed E-state index contributed by atoms with van der Waals surface area (Å²) in [7, 11) is 2.01. The number of fused-ring (bicyclic) bond motifs is 2. The summed E-state index contributed by atoms with van der Waals surface area (Å²) in [5.41, 5.74) is 3.30. The number of nitrogens with zero attached hydrogens (tertiary/aromatic N) is 3. The van der Waals surface area contributed by atoms with Gasteiger partial charge in [0.25, 0.3) is 0 Å². The SMILES string of the molecule is COC.O=CC12Cc3cnn(-c4ccc(F)cc4)c3C=C1CCC(N(C1CC1)S(=O)c1ccccc1)C2. The van der Waals surface area contributed by atoms with Gasteiger partial charge in [-0.05, 0) is 86.6 Å². The van der Waals surface area contributed by atoms with Crippen molar-refractivity contribution in [2.24, 2.45) is 5.41 Å². The van der Waals surface area contributed by atoms with Gasteiger partial charge < -0.3 is 9.53 Å². The van der Waals surface area contributed by atoms with Gasteiger partial charge in [-0.2, -0.15) is 5.10 Å². The number of allylic oxidation sites excluding steroid dienone is 1. The Morgan fingerprint density at radius 3 is 2.43 bits per heavy atom. The first kappa shape index (κ1) is 25.7. The fraction of sp³-hybridized carbons (Fsp3) is 0.379. The summed E-state index contributed by atoms with van der Waals surface area (Å²) in [4.78, 5) is 13.5. The van der Waals surface area contributed by atoms with Crippen molar-refractivity contribution in [2.45, 2.75) is 55.5 Å². The number of aromatic nitrogens is 2. The van der Waals surface area contributed by atoms with Crippen LogP contribution in [0.15, 0.2) is 71.3 Å². The van der Waals surface area contributed by atoms with E-state index < -0.39 is 16.4 Å². The van der Waals surface area contributed by atoms with E-state index in [1.807, 2.05) is 41.2 Å². The summed E-state index contributed by atoms with van der Waals surface area (Å²) in [5.74, 6) is -0.283. The Morgan fingerprint density at radius 1 is 1.08 bits per heavy atom. The lowest BCUT2D eigenvalue weighted by Crippen LogP contribution is -2.47. The van der Waals surface area contributed by atoms with Gasteiger partial charge in [0.15, 0.2) is 0 Å². The summed E-state index contributed by atoms with van der Waals surface area (Å²) in [6.07, 6.45) is 10.1. The number of aldehydes is 1. The first-order valence-electron chi connectivity index (χ1n) is 12.7. The van der Waals surface area contributed by atoms with Gasteiger partial charge in [-0.1, -0.05) is 23.8 Å². The van der Waals surface area contributed by atoms with E-state index in [1.54, 1.807) is 26.4 Å². The molecule has 0 aliphatic heterocycles. The Labute approximate surface area is 219 Å². The third-order valence-corrected chi connectivity index (χ3v) is 9.04. The lowest BCUT2D eigenvalue weighted by atomic mass is 9.64. The molecule has 3 aliphatic rings. The van der Waals surface area contributed by atoms with E-state index in [9.17, 15) is 13.4 Å². The molecule has 0 saturated heterocycles. The molecule has 2 saturated carbocycles. The molecule has 3 aromatic rings. The van der Waals surface area contributed by atoms with Gasteiger partial charge in [-0.15, -0.1) is 0 Å². The second kappa shape index (κ2) is 10.8. The monoisotopic (exact) mass is 521 g/mol. The minimum Gasteiger partial charge on any atom is -0.388 e. The Hall–Kier alpha value is -2.94. The molecule has 0 spiro atoms. The van der Waals surface area contributed by atoms with Crippen molar-refractivity contribution in [3.05, 3.63) is 83.4 Å². The zero-order chi connectivity index (χ0) is 26.0. The van der Waals surface area contributed by atoms with Crippen molar-refractivity contribution in [1.82, 2.24) is 14.1 Å². The van der Waals surface area contributed by atoms with Gasteiger partial charge in [0.05, 0.1) is 27.9 Å². The van der Waals surface area contributed by atoms with Crippen LogP contribution >= 0.6 is 0 Å². The van der Waals surface area contributed by atoms with E-state index in [-0.39, 0.29) is 11.9 Å². The van der Waals surface area contributed by atoms with Gasteiger partial charge in [-0.25, -0.2) is 17.6 Å². The molecule has 0 radical (unpaired) electrons. The Bertz CT molecular complexity index is 1300. The lowest BCUT2D eigenvalue weighted by molar-refractivity contribution is -0.116. The minimum atomic E-state index is -1.24. The first-order chi connectivity index (χ1) is 18.0. The molecular formula is C29H32FN3O3S. The number of ether oxygens (including phenoxy) is 1. The van der Waals surface area contributed by atoms with Gasteiger partial charge >= 0.3 is 0 Å². The molecule has 2 fully saturated rings. The van der Waals surface area contributed by atoms with Gasteiger partial charge in [0, 0.05) is 26.3 Å². The highest BCUT2D eigenvalue weighted by Crippen LogP contribution is 2.49. The smallest absolute Gasteiger partial charge is 0.130 e. The highest BCUT2D eigenvalue weighted by Gasteiger charge is 2.48. The summed E-state index contributed by atoms with van der Waals surface area (Å²) in [6, 6.07) is 16.3. The second-order valence-corrected chi connectivity index (χ2v) is 11.4. The highest BCUT2D eigenvalue weighted by atomic mass is 32.2. The number of benzene rings is 2. The molecule has 3 unspecified atom stereocenters. The predicted molar refractivity (Wildman–Crippen MR) is 142 cm³/mol. The highest BCUT2D eigenvalue weighted by molar-refractivity contribution is 7.82. The van der Waals surface area contributed by atoms with Crippen molar-refractivity contribution in [3.8, 4) is 5.69 Å². The van der Waals surface area contributed by atoms with Crippen LogP contribution in [0.2, 0.25) is 0 Å². The van der Waals surface area contributed by atoms with E-state index in [1.165, 1.54) is 12.1 Å². The van der Waals surface area contributed by atoms with E-state index in [4.69, 9.17) is 0 Å². The molecule has 3 atom stereocenters. The van der Waals surface area contributed by atoms with Crippen LogP contribution in [0, 0.1) is 11.2 Å². The number of hydrogen-bond acceptors (Lipinski definition) is 4. The maximum Gasteiger partial charge on any atom is 0.130 e. The third-order valence-electron chi connectivity index (χ3n) is 7.39. The van der Waals surface area contributed by atoms with Crippen molar-refractivity contribution in [3.63, 3.8) is 0 Å². The second-order valence-electron chi connectivity index (χ2n) is 10.0. The van der Waals surface area contributed by atoms with Crippen LogP contribution in [0.4, 0.5) is 4.39 Å². The fourth-order valence-corrected chi connectivity index (χ4v) is 7.11. The summed E-state index contributed by atoms with van der Waals surface area (Å²) < 4.78 is 35.2. The summed E-state index contributed by atoms with van der Waals surface area (Å²) in [5, 5.41) is 4.56. The molecule has 0 bridgehead atoms. The summed E-state index contributed by atoms with van der Waals surface area (Å²) in [6.45, 7) is 0. The zero-order valence-corrected chi connectivity index (χ0v) is 22.0. The van der Waals surface area contributed by atoms with Crippen LogP contribution < -0.4 is 0 Å². The third kappa shape index (κ3) is 5.10. The molecule has 1 heterocycles. The Kier molecular flexibility index (Phi) is 7.51. The molecule has 8 heteroatoms. The van der Waals surface area contributed by atoms with Crippen LogP contribution in [0.25, 0.3) is 11.8 Å². The van der Waals surface area contributed by atoms with Gasteiger partial charge in [0.2, 0.25) is 0 Å². The molecular weight excluding hydrogens is 489 g/mol. The topological polar surface area (TPSA) is 64.4 Å². The zero-order valence-electron chi connectivity index (χ0n) is 21.2. The van der Waals surface area contributed by atoms with E-state index in [0.717, 1.165) is 59.4 Å². The minimum absolute atomic E-state index is 0.0876. The van der Waals surface area contributed by atoms with Crippen LogP contribution in [0.5, 0.6) is 0 Å². The first-order valence-corrected chi connectivity index (χ1v) is 13.8. The fourth-order valence-electron chi connectivity index (χ4n) is 5.54. The number of hydrogen-bond donors (Lipinski definition) is 0. The quantitative estimate of drug-likeness (QED) is 0.422. The van der Waals surface area contributed by atoms with Crippen molar-refractivity contribution >= 4 is 23.3 Å². The standard InChI is InChI=1S/C27H26FN3O2S.C2H6O/c28-21-7-10-22(11-8-21)30-26-14-20-6-9-24(16-27(20,18-32)15-19(26)17-29-30)31(23-12-13-23)34(33)25-4-2-1-3-5-25;1-3-2/h1-5,7-8,10-11,14,17-18,23-24H,6,9,12-13,15-16H2;1-2H3. The molecule has 194 valence electrons. The van der Waals surface area contributed by atoms with Crippen LogP contribution in [0.3, 0.4) is 0 Å². The van der Waals surface area contributed by atoms with E-state index in [0.29, 0.717) is 18.9 Å². The molecule has 0 N–H and O–H groups in total. The normalized spacial score (nSPS) is 23.2.